The first-order valence-corrected chi connectivity index (χ1v) is 8.81. The van der Waals surface area contributed by atoms with Crippen molar-refractivity contribution in [1.29, 1.82) is 0 Å². The molecule has 7 nitrogen and oxygen atoms in total. The van der Waals surface area contributed by atoms with Gasteiger partial charge in [0.2, 0.25) is 5.88 Å². The van der Waals surface area contributed by atoms with Gasteiger partial charge in [-0.15, -0.1) is 0 Å². The average molecular weight is 388 g/mol. The summed E-state index contributed by atoms with van der Waals surface area (Å²) in [7, 11) is 0. The summed E-state index contributed by atoms with van der Waals surface area (Å²) in [6.07, 6.45) is 0. The van der Waals surface area contributed by atoms with Crippen molar-refractivity contribution in [2.24, 2.45) is 0 Å². The fraction of sp³-hybridized carbons (Fsp3) is 0.0455. The lowest BCUT2D eigenvalue weighted by atomic mass is 10.1. The van der Waals surface area contributed by atoms with Crippen molar-refractivity contribution in [3.05, 3.63) is 72.4 Å². The largest absolute Gasteiger partial charge is 0.505 e. The van der Waals surface area contributed by atoms with Crippen molar-refractivity contribution in [1.82, 2.24) is 10.3 Å². The van der Waals surface area contributed by atoms with Crippen molar-refractivity contribution < 1.29 is 24.5 Å². The third-order valence-electron chi connectivity index (χ3n) is 4.40. The summed E-state index contributed by atoms with van der Waals surface area (Å²) in [4.78, 5) is 27.2. The predicted octanol–water partition coefficient (Wildman–Crippen LogP) is 3.70. The van der Waals surface area contributed by atoms with Crippen LogP contribution in [0.25, 0.3) is 21.5 Å². The van der Waals surface area contributed by atoms with Gasteiger partial charge in [-0.05, 0) is 29.0 Å². The number of amides is 1. The van der Waals surface area contributed by atoms with Crippen LogP contribution in [-0.2, 0) is 4.79 Å². The number of carboxylic acids is 1. The van der Waals surface area contributed by atoms with E-state index in [1.807, 2.05) is 36.4 Å². The number of hydrogen-bond donors (Lipinski definition) is 3. The monoisotopic (exact) mass is 388 g/mol. The van der Waals surface area contributed by atoms with Gasteiger partial charge in [-0.25, -0.2) is 4.98 Å². The van der Waals surface area contributed by atoms with Gasteiger partial charge in [0.1, 0.15) is 12.3 Å². The van der Waals surface area contributed by atoms with Crippen molar-refractivity contribution >= 4 is 33.4 Å². The van der Waals surface area contributed by atoms with Crippen molar-refractivity contribution in [2.75, 3.05) is 6.54 Å². The quantitative estimate of drug-likeness (QED) is 0.481. The lowest BCUT2D eigenvalue weighted by Gasteiger charge is -2.13. The molecule has 3 N–H and O–H groups in total. The molecule has 0 radical (unpaired) electrons. The van der Waals surface area contributed by atoms with E-state index in [9.17, 15) is 14.7 Å². The van der Waals surface area contributed by atoms with Crippen LogP contribution >= 0.6 is 0 Å². The number of nitrogens with zero attached hydrogens (tertiary/aromatic N) is 1. The second kappa shape index (κ2) is 7.47. The van der Waals surface area contributed by atoms with E-state index in [-0.39, 0.29) is 17.3 Å². The van der Waals surface area contributed by atoms with E-state index in [0.29, 0.717) is 16.5 Å². The number of carboxylic acid groups (broad SMARTS) is 1. The first kappa shape index (κ1) is 18.2. The van der Waals surface area contributed by atoms with Gasteiger partial charge >= 0.3 is 5.97 Å². The lowest BCUT2D eigenvalue weighted by molar-refractivity contribution is -0.135. The molecule has 0 unspecified atom stereocenters. The Balaban J connectivity index is 1.78. The summed E-state index contributed by atoms with van der Waals surface area (Å²) < 4.78 is 5.95. The minimum absolute atomic E-state index is 0.133. The standard InChI is InChI=1S/C22H16N2O5/c25-18(26)12-23-21(28)19-20(27)16-7-3-4-8-17(16)22(24-19)29-15-10-9-13-5-1-2-6-14(13)11-15/h1-11,27H,12H2,(H,23,28)(H,25,26). The molecule has 0 bridgehead atoms. The van der Waals surface area contributed by atoms with Crippen molar-refractivity contribution in [3.63, 3.8) is 0 Å². The average Bonchev–Trinajstić information content (AvgIpc) is 2.74. The highest BCUT2D eigenvalue weighted by atomic mass is 16.5. The van der Waals surface area contributed by atoms with E-state index in [1.54, 1.807) is 30.3 Å². The number of ether oxygens (including phenoxy) is 1. The number of hydrogen-bond acceptors (Lipinski definition) is 5. The number of rotatable bonds is 5. The summed E-state index contributed by atoms with van der Waals surface area (Å²) in [5.41, 5.74) is -0.305. The van der Waals surface area contributed by atoms with Gasteiger partial charge in [-0.2, -0.15) is 0 Å². The highest BCUT2D eigenvalue weighted by molar-refractivity contribution is 6.04. The van der Waals surface area contributed by atoms with Gasteiger partial charge in [0.25, 0.3) is 5.91 Å². The maximum Gasteiger partial charge on any atom is 0.322 e. The van der Waals surface area contributed by atoms with E-state index in [0.717, 1.165) is 10.8 Å². The molecule has 0 aliphatic rings. The van der Waals surface area contributed by atoms with Gasteiger partial charge < -0.3 is 20.3 Å². The molecule has 0 aliphatic heterocycles. The fourth-order valence-electron chi connectivity index (χ4n) is 3.04. The first-order chi connectivity index (χ1) is 14.0. The minimum atomic E-state index is -1.20. The highest BCUT2D eigenvalue weighted by Crippen LogP contribution is 2.36. The number of benzene rings is 3. The molecule has 1 amide bonds. The summed E-state index contributed by atoms with van der Waals surface area (Å²) in [5.74, 6) is -1.70. The molecular formula is C22H16N2O5. The molecule has 1 heterocycles. The van der Waals surface area contributed by atoms with Crippen LogP contribution in [0.4, 0.5) is 0 Å². The molecule has 0 spiro atoms. The second-order valence-electron chi connectivity index (χ2n) is 6.35. The Hall–Kier alpha value is -4.13. The van der Waals surface area contributed by atoms with Crippen LogP contribution in [0, 0.1) is 0 Å². The summed E-state index contributed by atoms with van der Waals surface area (Å²) in [6, 6.07) is 20.2. The Kier molecular flexibility index (Phi) is 4.70. The van der Waals surface area contributed by atoms with Crippen LogP contribution in [0.5, 0.6) is 17.4 Å². The van der Waals surface area contributed by atoms with Crippen LogP contribution in [0.15, 0.2) is 66.7 Å². The molecule has 0 fully saturated rings. The van der Waals surface area contributed by atoms with Crippen molar-refractivity contribution in [3.8, 4) is 17.4 Å². The van der Waals surface area contributed by atoms with Crippen LogP contribution in [0.1, 0.15) is 10.5 Å². The Morgan fingerprint density at radius 2 is 1.62 bits per heavy atom. The molecule has 4 rings (SSSR count). The molecule has 0 aliphatic carbocycles. The maximum absolute atomic E-state index is 12.3. The molecule has 144 valence electrons. The van der Waals surface area contributed by atoms with Gasteiger partial charge in [-0.3, -0.25) is 9.59 Å². The number of carbonyl (C=O) groups is 2. The number of pyridine rings is 1. The smallest absolute Gasteiger partial charge is 0.322 e. The third-order valence-corrected chi connectivity index (χ3v) is 4.40. The second-order valence-corrected chi connectivity index (χ2v) is 6.35. The van der Waals surface area contributed by atoms with E-state index in [1.165, 1.54) is 0 Å². The van der Waals surface area contributed by atoms with Crippen LogP contribution in [0.2, 0.25) is 0 Å². The molecule has 29 heavy (non-hydrogen) atoms. The molecule has 0 atom stereocenters. The summed E-state index contributed by atoms with van der Waals surface area (Å²) in [5, 5.41) is 24.4. The predicted molar refractivity (Wildman–Crippen MR) is 107 cm³/mol. The third kappa shape index (κ3) is 3.66. The number of nitrogens with one attached hydrogen (secondary N) is 1. The molecule has 1 aromatic heterocycles. The Labute approximate surface area is 165 Å². The van der Waals surface area contributed by atoms with E-state index < -0.39 is 18.4 Å². The minimum Gasteiger partial charge on any atom is -0.505 e. The lowest BCUT2D eigenvalue weighted by Crippen LogP contribution is -2.30. The number of aliphatic carboxylic acids is 1. The van der Waals surface area contributed by atoms with E-state index in [4.69, 9.17) is 9.84 Å². The number of fused-ring (bicyclic) bond motifs is 2. The molecule has 0 saturated carbocycles. The fourth-order valence-corrected chi connectivity index (χ4v) is 3.04. The Morgan fingerprint density at radius 1 is 0.931 bits per heavy atom. The number of aromatic hydroxyl groups is 1. The zero-order valence-electron chi connectivity index (χ0n) is 15.1. The normalized spacial score (nSPS) is 10.8. The molecule has 3 aromatic carbocycles. The van der Waals surface area contributed by atoms with Crippen LogP contribution < -0.4 is 10.1 Å². The van der Waals surface area contributed by atoms with Gasteiger partial charge in [0.05, 0.1) is 0 Å². The molecular weight excluding hydrogens is 372 g/mol. The molecule has 7 heteroatoms. The van der Waals surface area contributed by atoms with E-state index in [2.05, 4.69) is 10.3 Å². The van der Waals surface area contributed by atoms with E-state index >= 15 is 0 Å². The van der Waals surface area contributed by atoms with Gasteiger partial charge in [0, 0.05) is 10.8 Å². The zero-order valence-corrected chi connectivity index (χ0v) is 15.1. The van der Waals surface area contributed by atoms with Crippen LogP contribution in [0.3, 0.4) is 0 Å². The maximum atomic E-state index is 12.3. The Morgan fingerprint density at radius 3 is 2.38 bits per heavy atom. The van der Waals surface area contributed by atoms with Gasteiger partial charge in [0.15, 0.2) is 11.4 Å². The highest BCUT2D eigenvalue weighted by Gasteiger charge is 2.20. The number of carbonyl (C=O) groups excluding carboxylic acids is 1. The van der Waals surface area contributed by atoms with Crippen LogP contribution in [-0.4, -0.2) is 33.6 Å². The first-order valence-electron chi connectivity index (χ1n) is 8.81. The summed E-state index contributed by atoms with van der Waals surface area (Å²) in [6.45, 7) is -0.590. The topological polar surface area (TPSA) is 109 Å². The Bertz CT molecular complexity index is 1250. The van der Waals surface area contributed by atoms with Gasteiger partial charge in [-0.1, -0.05) is 48.5 Å². The summed E-state index contributed by atoms with van der Waals surface area (Å²) >= 11 is 0. The molecule has 0 saturated heterocycles. The number of aromatic nitrogens is 1. The molecule has 4 aromatic rings. The van der Waals surface area contributed by atoms with Crippen molar-refractivity contribution in [2.45, 2.75) is 0 Å². The zero-order chi connectivity index (χ0) is 20.4. The SMILES string of the molecule is O=C(O)CNC(=O)c1nc(Oc2ccc3ccccc3c2)c2ccccc2c1O.